The molecule has 0 radical (unpaired) electrons. The van der Waals surface area contributed by atoms with E-state index in [1.165, 1.54) is 11.1 Å². The second-order valence-corrected chi connectivity index (χ2v) is 2.89. The van der Waals surface area contributed by atoms with Crippen molar-refractivity contribution in [1.29, 1.82) is 0 Å². The molecule has 0 atom stereocenters. The van der Waals surface area contributed by atoms with E-state index in [1.807, 2.05) is 36.2 Å². The van der Waals surface area contributed by atoms with Gasteiger partial charge >= 0.3 is 0 Å². The SMILES string of the molecule is C/C=C\C(=C\Br)c1ccccc1. The molecule has 0 heterocycles. The quantitative estimate of drug-likeness (QED) is 0.664. The Bertz CT molecular complexity index is 283. The zero-order valence-electron chi connectivity index (χ0n) is 7.00. The van der Waals surface area contributed by atoms with Crippen LogP contribution in [0.2, 0.25) is 0 Å². The summed E-state index contributed by atoms with van der Waals surface area (Å²) in [4.78, 5) is 1.93. The molecule has 0 fully saturated rings. The molecule has 0 aromatic heterocycles. The maximum atomic E-state index is 3.34. The van der Waals surface area contributed by atoms with Crippen LogP contribution in [0.4, 0.5) is 0 Å². The van der Waals surface area contributed by atoms with Gasteiger partial charge < -0.3 is 0 Å². The van der Waals surface area contributed by atoms with Crippen LogP contribution in [0, 0.1) is 0 Å². The van der Waals surface area contributed by atoms with Crippen molar-refractivity contribution >= 4 is 21.5 Å². The molecule has 0 saturated carbocycles. The molecule has 0 bridgehead atoms. The minimum absolute atomic E-state index is 1.19. The minimum atomic E-state index is 1.19. The zero-order chi connectivity index (χ0) is 8.81. The number of hydrogen-bond donors (Lipinski definition) is 0. The second kappa shape index (κ2) is 4.94. The summed E-state index contributed by atoms with van der Waals surface area (Å²) in [7, 11) is 0. The van der Waals surface area contributed by atoms with Crippen molar-refractivity contribution in [2.24, 2.45) is 0 Å². The van der Waals surface area contributed by atoms with Crippen molar-refractivity contribution in [3.63, 3.8) is 0 Å². The molecule has 12 heavy (non-hydrogen) atoms. The zero-order valence-corrected chi connectivity index (χ0v) is 8.58. The number of benzene rings is 1. The average molecular weight is 223 g/mol. The molecule has 1 aromatic rings. The van der Waals surface area contributed by atoms with Crippen LogP contribution in [0.25, 0.3) is 5.57 Å². The van der Waals surface area contributed by atoms with E-state index in [1.54, 1.807) is 0 Å². The highest BCUT2D eigenvalue weighted by Gasteiger charge is 1.93. The predicted molar refractivity (Wildman–Crippen MR) is 58.2 cm³/mol. The Kier molecular flexibility index (Phi) is 3.81. The maximum Gasteiger partial charge on any atom is -0.0110 e. The summed E-state index contributed by atoms with van der Waals surface area (Å²) in [6.45, 7) is 2.01. The molecule has 0 aliphatic carbocycles. The van der Waals surface area contributed by atoms with Crippen molar-refractivity contribution < 1.29 is 0 Å². The molecular weight excluding hydrogens is 212 g/mol. The maximum absolute atomic E-state index is 3.34. The minimum Gasteiger partial charge on any atom is -0.0870 e. The molecule has 0 amide bonds. The smallest absolute Gasteiger partial charge is 0.0110 e. The van der Waals surface area contributed by atoms with Gasteiger partial charge in [-0.2, -0.15) is 0 Å². The van der Waals surface area contributed by atoms with Crippen LogP contribution < -0.4 is 0 Å². The van der Waals surface area contributed by atoms with Crippen molar-refractivity contribution in [3.05, 3.63) is 53.0 Å². The van der Waals surface area contributed by atoms with Crippen LogP contribution in [-0.2, 0) is 0 Å². The van der Waals surface area contributed by atoms with Gasteiger partial charge in [-0.15, -0.1) is 0 Å². The van der Waals surface area contributed by atoms with E-state index in [0.717, 1.165) is 0 Å². The molecule has 0 aliphatic rings. The van der Waals surface area contributed by atoms with Crippen LogP contribution in [0.15, 0.2) is 47.5 Å². The number of allylic oxidation sites excluding steroid dienone is 3. The molecule has 0 spiro atoms. The monoisotopic (exact) mass is 222 g/mol. The van der Waals surface area contributed by atoms with Crippen LogP contribution in [-0.4, -0.2) is 0 Å². The Morgan fingerprint density at radius 1 is 1.25 bits per heavy atom. The fourth-order valence-corrected chi connectivity index (χ4v) is 1.42. The van der Waals surface area contributed by atoms with Crippen molar-refractivity contribution in [3.8, 4) is 0 Å². The van der Waals surface area contributed by atoms with Crippen molar-refractivity contribution in [2.45, 2.75) is 6.92 Å². The third kappa shape index (κ3) is 2.35. The van der Waals surface area contributed by atoms with Gasteiger partial charge in [-0.25, -0.2) is 0 Å². The van der Waals surface area contributed by atoms with Crippen LogP contribution >= 0.6 is 15.9 Å². The molecule has 0 N–H and O–H groups in total. The first-order valence-corrected chi connectivity index (χ1v) is 4.78. The van der Waals surface area contributed by atoms with E-state index >= 15 is 0 Å². The van der Waals surface area contributed by atoms with Crippen LogP contribution in [0.3, 0.4) is 0 Å². The van der Waals surface area contributed by atoms with E-state index in [4.69, 9.17) is 0 Å². The fourth-order valence-electron chi connectivity index (χ4n) is 1.01. The lowest BCUT2D eigenvalue weighted by atomic mass is 10.1. The second-order valence-electron chi connectivity index (χ2n) is 2.43. The first-order chi connectivity index (χ1) is 5.88. The molecule has 0 saturated heterocycles. The Labute approximate surface area is 81.7 Å². The summed E-state index contributed by atoms with van der Waals surface area (Å²) < 4.78 is 0. The first-order valence-electron chi connectivity index (χ1n) is 3.87. The lowest BCUT2D eigenvalue weighted by molar-refractivity contribution is 1.62. The third-order valence-corrected chi connectivity index (χ3v) is 2.06. The first kappa shape index (κ1) is 9.27. The van der Waals surface area contributed by atoms with E-state index in [2.05, 4.69) is 34.1 Å². The summed E-state index contributed by atoms with van der Waals surface area (Å²) in [5.74, 6) is 0. The summed E-state index contributed by atoms with van der Waals surface area (Å²) >= 11 is 3.34. The van der Waals surface area contributed by atoms with Gasteiger partial charge in [-0.3, -0.25) is 0 Å². The van der Waals surface area contributed by atoms with Gasteiger partial charge in [0.2, 0.25) is 0 Å². The lowest BCUT2D eigenvalue weighted by Crippen LogP contribution is -1.77. The van der Waals surface area contributed by atoms with Gasteiger partial charge in [0.25, 0.3) is 0 Å². The van der Waals surface area contributed by atoms with Gasteiger partial charge in [-0.1, -0.05) is 58.4 Å². The molecule has 0 unspecified atom stereocenters. The topological polar surface area (TPSA) is 0 Å². The predicted octanol–water partition coefficient (Wildman–Crippen LogP) is 4.00. The number of halogens is 1. The third-order valence-electron chi connectivity index (χ3n) is 1.57. The molecule has 62 valence electrons. The molecular formula is C11H11Br. The molecule has 1 aromatic carbocycles. The summed E-state index contributed by atoms with van der Waals surface area (Å²) in [5, 5.41) is 0. The van der Waals surface area contributed by atoms with Gasteiger partial charge in [0, 0.05) is 0 Å². The largest absolute Gasteiger partial charge is 0.0870 e. The Hall–Kier alpha value is -0.820. The Morgan fingerprint density at radius 3 is 2.42 bits per heavy atom. The summed E-state index contributed by atoms with van der Waals surface area (Å²) in [6, 6.07) is 10.3. The summed E-state index contributed by atoms with van der Waals surface area (Å²) in [5.41, 5.74) is 2.42. The molecule has 1 rings (SSSR count). The van der Waals surface area contributed by atoms with Gasteiger partial charge in [0.05, 0.1) is 0 Å². The van der Waals surface area contributed by atoms with E-state index in [9.17, 15) is 0 Å². The molecule has 1 heteroatoms. The number of hydrogen-bond acceptors (Lipinski definition) is 0. The summed E-state index contributed by atoms with van der Waals surface area (Å²) in [6.07, 6.45) is 4.10. The highest BCUT2D eigenvalue weighted by atomic mass is 79.9. The van der Waals surface area contributed by atoms with Crippen molar-refractivity contribution in [1.82, 2.24) is 0 Å². The van der Waals surface area contributed by atoms with E-state index in [-0.39, 0.29) is 0 Å². The Morgan fingerprint density at radius 2 is 1.92 bits per heavy atom. The molecule has 0 aliphatic heterocycles. The highest BCUT2D eigenvalue weighted by Crippen LogP contribution is 2.16. The van der Waals surface area contributed by atoms with Crippen LogP contribution in [0.5, 0.6) is 0 Å². The van der Waals surface area contributed by atoms with Gasteiger partial charge in [-0.05, 0) is 23.0 Å². The van der Waals surface area contributed by atoms with Crippen LogP contribution in [0.1, 0.15) is 12.5 Å². The molecule has 0 nitrogen and oxygen atoms in total. The fraction of sp³-hybridized carbons (Fsp3) is 0.0909. The van der Waals surface area contributed by atoms with Gasteiger partial charge in [0.15, 0.2) is 0 Å². The average Bonchev–Trinajstić information content (AvgIpc) is 2.15. The van der Waals surface area contributed by atoms with E-state index < -0.39 is 0 Å². The number of rotatable bonds is 2. The lowest BCUT2D eigenvalue weighted by Gasteiger charge is -1.98. The van der Waals surface area contributed by atoms with E-state index in [0.29, 0.717) is 0 Å². The standard InChI is InChI=1S/C11H11Br/c1-2-6-11(9-12)10-7-4-3-5-8-10/h2-9H,1H3/b6-2-,11-9-. The highest BCUT2D eigenvalue weighted by molar-refractivity contribution is 9.11. The normalized spacial score (nSPS) is 12.3. The van der Waals surface area contributed by atoms with Gasteiger partial charge in [0.1, 0.15) is 0 Å². The van der Waals surface area contributed by atoms with Crippen molar-refractivity contribution in [2.75, 3.05) is 0 Å². The Balaban J connectivity index is 2.97.